The molecule has 0 radical (unpaired) electrons. The summed E-state index contributed by atoms with van der Waals surface area (Å²) in [4.78, 5) is 24.7. The number of benzene rings is 2. The second-order valence-electron chi connectivity index (χ2n) is 7.95. The third-order valence-electron chi connectivity index (χ3n) is 5.64. The Hall–Kier alpha value is -4.04. The number of methoxy groups -OCH3 is 1. The predicted molar refractivity (Wildman–Crippen MR) is 129 cm³/mol. The van der Waals surface area contributed by atoms with Gasteiger partial charge in [0.15, 0.2) is 0 Å². The summed E-state index contributed by atoms with van der Waals surface area (Å²) in [6.07, 6.45) is 4.53. The van der Waals surface area contributed by atoms with E-state index in [0.717, 1.165) is 53.0 Å². The van der Waals surface area contributed by atoms with Gasteiger partial charge in [-0.05, 0) is 60.0 Å². The molecule has 5 rings (SSSR count). The molecule has 2 aromatic heterocycles. The van der Waals surface area contributed by atoms with Gasteiger partial charge in [0, 0.05) is 36.8 Å². The molecule has 3 heterocycles. The molecule has 8 heteroatoms. The number of nitrogens with zero attached hydrogens (tertiary/aromatic N) is 3. The van der Waals surface area contributed by atoms with Gasteiger partial charge in [0.1, 0.15) is 11.6 Å². The first kappa shape index (κ1) is 20.8. The van der Waals surface area contributed by atoms with E-state index in [0.29, 0.717) is 11.8 Å². The lowest BCUT2D eigenvalue weighted by Gasteiger charge is -2.20. The molecule has 0 fully saturated rings. The summed E-state index contributed by atoms with van der Waals surface area (Å²) in [5.74, 6) is 1.65. The van der Waals surface area contributed by atoms with Crippen LogP contribution in [0.3, 0.4) is 0 Å². The van der Waals surface area contributed by atoms with E-state index in [2.05, 4.69) is 38.1 Å². The van der Waals surface area contributed by atoms with Crippen LogP contribution >= 0.6 is 0 Å². The maximum absolute atomic E-state index is 11.2. The van der Waals surface area contributed by atoms with Gasteiger partial charge in [0.2, 0.25) is 11.9 Å². The van der Waals surface area contributed by atoms with Gasteiger partial charge >= 0.3 is 0 Å². The van der Waals surface area contributed by atoms with Gasteiger partial charge in [-0.3, -0.25) is 4.79 Å². The lowest BCUT2D eigenvalue weighted by molar-refractivity contribution is -0.114. The number of hydrogen-bond donors (Lipinski definition) is 3. The molecule has 4 aromatic rings. The Morgan fingerprint density at radius 1 is 1.03 bits per heavy atom. The highest BCUT2D eigenvalue weighted by Crippen LogP contribution is 2.32. The van der Waals surface area contributed by atoms with Crippen molar-refractivity contribution >= 4 is 34.3 Å². The van der Waals surface area contributed by atoms with Crippen molar-refractivity contribution in [3.8, 4) is 16.9 Å². The van der Waals surface area contributed by atoms with Crippen molar-refractivity contribution in [1.82, 2.24) is 20.3 Å². The van der Waals surface area contributed by atoms with E-state index < -0.39 is 0 Å². The van der Waals surface area contributed by atoms with Gasteiger partial charge in [0.25, 0.3) is 0 Å². The summed E-state index contributed by atoms with van der Waals surface area (Å²) in [7, 11) is 1.67. The van der Waals surface area contributed by atoms with E-state index >= 15 is 0 Å². The Kier molecular flexibility index (Phi) is 5.58. The molecule has 1 aliphatic rings. The highest BCUT2D eigenvalue weighted by molar-refractivity contribution is 5.88. The predicted octanol–water partition coefficient (Wildman–Crippen LogP) is 4.05. The Labute approximate surface area is 191 Å². The monoisotopic (exact) mass is 440 g/mol. The van der Waals surface area contributed by atoms with Crippen LogP contribution in [-0.4, -0.2) is 34.5 Å². The quantitative estimate of drug-likeness (QED) is 0.430. The van der Waals surface area contributed by atoms with Gasteiger partial charge in [-0.25, -0.2) is 15.0 Å². The van der Waals surface area contributed by atoms with Crippen LogP contribution in [-0.2, 0) is 17.8 Å². The smallest absolute Gasteiger partial charge is 0.227 e. The first-order valence-corrected chi connectivity index (χ1v) is 10.8. The minimum atomic E-state index is -0.149. The van der Waals surface area contributed by atoms with Crippen molar-refractivity contribution in [3.63, 3.8) is 0 Å². The van der Waals surface area contributed by atoms with Crippen molar-refractivity contribution in [3.05, 3.63) is 66.0 Å². The summed E-state index contributed by atoms with van der Waals surface area (Å²) in [5, 5.41) is 10.3. The molecule has 3 N–H and O–H groups in total. The Bertz CT molecular complexity index is 1340. The average molecular weight is 441 g/mol. The van der Waals surface area contributed by atoms with Crippen LogP contribution in [0, 0.1) is 0 Å². The van der Waals surface area contributed by atoms with Crippen LogP contribution in [0.4, 0.5) is 17.5 Å². The number of nitrogens with one attached hydrogen (secondary N) is 3. The van der Waals surface area contributed by atoms with Crippen molar-refractivity contribution in [2.24, 2.45) is 0 Å². The lowest BCUT2D eigenvalue weighted by Crippen LogP contribution is -2.23. The molecule has 0 saturated carbocycles. The zero-order valence-electron chi connectivity index (χ0n) is 18.5. The van der Waals surface area contributed by atoms with Crippen LogP contribution < -0.4 is 20.7 Å². The highest BCUT2D eigenvalue weighted by Gasteiger charge is 2.15. The Morgan fingerprint density at radius 2 is 1.91 bits per heavy atom. The molecular formula is C25H24N6O2. The molecule has 2 aromatic carbocycles. The second kappa shape index (κ2) is 8.84. The molecule has 0 spiro atoms. The fraction of sp³-hybridized carbons (Fsp3) is 0.200. The van der Waals surface area contributed by atoms with E-state index in [-0.39, 0.29) is 5.91 Å². The molecule has 0 aliphatic carbocycles. The SMILES string of the molecule is COc1cc2c(cc1Nc1ncc3ccc(-c4ccc(NC(C)=O)nc4)cc3n1)CNCC2. The van der Waals surface area contributed by atoms with E-state index in [9.17, 15) is 4.79 Å². The molecule has 1 amide bonds. The van der Waals surface area contributed by atoms with E-state index in [1.165, 1.54) is 18.1 Å². The number of fused-ring (bicyclic) bond motifs is 2. The Morgan fingerprint density at radius 3 is 2.70 bits per heavy atom. The van der Waals surface area contributed by atoms with Crippen LogP contribution in [0.2, 0.25) is 0 Å². The van der Waals surface area contributed by atoms with Crippen LogP contribution in [0.5, 0.6) is 5.75 Å². The van der Waals surface area contributed by atoms with E-state index in [4.69, 9.17) is 9.72 Å². The van der Waals surface area contributed by atoms with Crippen molar-refractivity contribution in [2.45, 2.75) is 19.9 Å². The number of carbonyl (C=O) groups excluding carboxylic acids is 1. The third kappa shape index (κ3) is 4.47. The number of pyridine rings is 1. The minimum Gasteiger partial charge on any atom is -0.495 e. The van der Waals surface area contributed by atoms with Gasteiger partial charge < -0.3 is 20.7 Å². The Balaban J connectivity index is 1.44. The molecule has 1 aliphatic heterocycles. The van der Waals surface area contributed by atoms with Crippen molar-refractivity contribution < 1.29 is 9.53 Å². The number of rotatable bonds is 5. The zero-order chi connectivity index (χ0) is 22.8. The standard InChI is InChI=1S/C25H24N6O2/c1-15(32)29-24-6-5-18(13-27-24)16-3-4-19-14-28-25(30-21(19)9-16)31-22-10-20-12-26-8-7-17(20)11-23(22)33-2/h3-6,9-11,13-14,26H,7-8,12H2,1-2H3,(H,27,29,32)(H,28,30,31). The molecule has 166 valence electrons. The molecule has 8 nitrogen and oxygen atoms in total. The van der Waals surface area contributed by atoms with Crippen LogP contribution in [0.15, 0.2) is 54.9 Å². The van der Waals surface area contributed by atoms with Crippen molar-refractivity contribution in [2.75, 3.05) is 24.3 Å². The first-order valence-electron chi connectivity index (χ1n) is 10.8. The highest BCUT2D eigenvalue weighted by atomic mass is 16.5. The number of ether oxygens (including phenoxy) is 1. The number of carbonyl (C=O) groups is 1. The maximum Gasteiger partial charge on any atom is 0.227 e. The van der Waals surface area contributed by atoms with Gasteiger partial charge in [-0.15, -0.1) is 0 Å². The number of aromatic nitrogens is 3. The van der Waals surface area contributed by atoms with Gasteiger partial charge in [0.05, 0.1) is 18.3 Å². The molecular weight excluding hydrogens is 416 g/mol. The summed E-state index contributed by atoms with van der Waals surface area (Å²) in [5.41, 5.74) is 6.12. The fourth-order valence-electron chi connectivity index (χ4n) is 3.98. The van der Waals surface area contributed by atoms with Crippen LogP contribution in [0.25, 0.3) is 22.0 Å². The fourth-order valence-corrected chi connectivity index (χ4v) is 3.98. The van der Waals surface area contributed by atoms with Gasteiger partial charge in [-0.2, -0.15) is 0 Å². The first-order chi connectivity index (χ1) is 16.1. The van der Waals surface area contributed by atoms with Crippen molar-refractivity contribution in [1.29, 1.82) is 0 Å². The molecule has 0 bridgehead atoms. The molecule has 0 saturated heterocycles. The number of amides is 1. The lowest BCUT2D eigenvalue weighted by atomic mass is 10.00. The number of anilines is 3. The zero-order valence-corrected chi connectivity index (χ0v) is 18.5. The average Bonchev–Trinajstić information content (AvgIpc) is 2.83. The largest absolute Gasteiger partial charge is 0.495 e. The number of hydrogen-bond acceptors (Lipinski definition) is 7. The second-order valence-corrected chi connectivity index (χ2v) is 7.95. The molecule has 0 atom stereocenters. The normalized spacial score (nSPS) is 12.8. The summed E-state index contributed by atoms with van der Waals surface area (Å²) >= 11 is 0. The molecule has 0 unspecified atom stereocenters. The van der Waals surface area contributed by atoms with E-state index in [1.807, 2.05) is 24.3 Å². The third-order valence-corrected chi connectivity index (χ3v) is 5.64. The topological polar surface area (TPSA) is 101 Å². The maximum atomic E-state index is 11.2. The van der Waals surface area contributed by atoms with E-state index in [1.54, 1.807) is 25.6 Å². The summed E-state index contributed by atoms with van der Waals surface area (Å²) < 4.78 is 5.61. The minimum absolute atomic E-state index is 0.149. The van der Waals surface area contributed by atoms with Gasteiger partial charge in [-0.1, -0.05) is 12.1 Å². The summed E-state index contributed by atoms with van der Waals surface area (Å²) in [6.45, 7) is 3.27. The molecule has 33 heavy (non-hydrogen) atoms. The van der Waals surface area contributed by atoms with Crippen LogP contribution in [0.1, 0.15) is 18.1 Å². The summed E-state index contributed by atoms with van der Waals surface area (Å²) in [6, 6.07) is 13.9.